The number of hydrogen-bond acceptors (Lipinski definition) is 3. The average molecular weight is 284 g/mol. The van der Waals surface area contributed by atoms with E-state index in [2.05, 4.69) is 10.3 Å². The van der Waals surface area contributed by atoms with Crippen LogP contribution in [0.3, 0.4) is 0 Å². The fraction of sp³-hybridized carbons (Fsp3) is 0.308. The van der Waals surface area contributed by atoms with Gasteiger partial charge in [-0.15, -0.1) is 0 Å². The minimum absolute atomic E-state index is 0.356. The van der Waals surface area contributed by atoms with Crippen LogP contribution in [0, 0.1) is 5.82 Å². The standard InChI is InChI=1S/C13H15ClFN3O/c1-19-6-2-3-16-13-17-4-5-18(13)12-8-10(14)7-11(15)9-12/h4-5,7-9H,2-3,6H2,1H3,(H,16,17). The molecule has 2 aromatic rings. The third-order valence-corrected chi connectivity index (χ3v) is 2.79. The van der Waals surface area contributed by atoms with Crippen molar-refractivity contribution < 1.29 is 9.13 Å². The zero-order chi connectivity index (χ0) is 13.7. The van der Waals surface area contributed by atoms with Gasteiger partial charge in [0.2, 0.25) is 5.95 Å². The summed E-state index contributed by atoms with van der Waals surface area (Å²) in [6.45, 7) is 1.41. The lowest BCUT2D eigenvalue weighted by Crippen LogP contribution is -2.09. The van der Waals surface area contributed by atoms with Gasteiger partial charge in [-0.1, -0.05) is 11.6 Å². The number of nitrogens with zero attached hydrogens (tertiary/aromatic N) is 2. The van der Waals surface area contributed by atoms with Gasteiger partial charge in [0.05, 0.1) is 5.69 Å². The van der Waals surface area contributed by atoms with Crippen LogP contribution in [0.4, 0.5) is 10.3 Å². The van der Waals surface area contributed by atoms with E-state index in [1.807, 2.05) is 0 Å². The molecule has 0 radical (unpaired) electrons. The number of anilines is 1. The lowest BCUT2D eigenvalue weighted by molar-refractivity contribution is 0.197. The van der Waals surface area contributed by atoms with E-state index in [1.165, 1.54) is 12.1 Å². The molecule has 0 unspecified atom stereocenters. The van der Waals surface area contributed by atoms with Crippen molar-refractivity contribution in [3.8, 4) is 5.69 Å². The highest BCUT2D eigenvalue weighted by Gasteiger charge is 2.06. The topological polar surface area (TPSA) is 39.1 Å². The SMILES string of the molecule is COCCCNc1nccn1-c1cc(F)cc(Cl)c1. The van der Waals surface area contributed by atoms with Crippen LogP contribution >= 0.6 is 11.6 Å². The van der Waals surface area contributed by atoms with Crippen molar-refractivity contribution in [2.45, 2.75) is 6.42 Å². The van der Waals surface area contributed by atoms with Crippen LogP contribution in [0.15, 0.2) is 30.6 Å². The van der Waals surface area contributed by atoms with Crippen molar-refractivity contribution in [2.24, 2.45) is 0 Å². The highest BCUT2D eigenvalue weighted by molar-refractivity contribution is 6.30. The average Bonchev–Trinajstić information content (AvgIpc) is 2.82. The Balaban J connectivity index is 2.14. The molecule has 0 spiro atoms. The van der Waals surface area contributed by atoms with Gasteiger partial charge in [0.1, 0.15) is 5.82 Å². The van der Waals surface area contributed by atoms with Gasteiger partial charge in [0.15, 0.2) is 0 Å². The highest BCUT2D eigenvalue weighted by Crippen LogP contribution is 2.20. The predicted molar refractivity (Wildman–Crippen MR) is 73.5 cm³/mol. The molecule has 0 saturated carbocycles. The molecule has 0 amide bonds. The first kappa shape index (κ1) is 13.8. The fourth-order valence-electron chi connectivity index (χ4n) is 1.74. The second-order valence-corrected chi connectivity index (χ2v) is 4.46. The van der Waals surface area contributed by atoms with Crippen LogP contribution in [0.1, 0.15) is 6.42 Å². The van der Waals surface area contributed by atoms with E-state index in [0.29, 0.717) is 23.3 Å². The molecule has 0 saturated heterocycles. The molecule has 4 nitrogen and oxygen atoms in total. The van der Waals surface area contributed by atoms with Gasteiger partial charge in [-0.3, -0.25) is 4.57 Å². The number of halogens is 2. The molecule has 0 aliphatic carbocycles. The largest absolute Gasteiger partial charge is 0.385 e. The number of nitrogens with one attached hydrogen (secondary N) is 1. The number of imidazole rings is 1. The Morgan fingerprint density at radius 2 is 2.26 bits per heavy atom. The molecule has 1 heterocycles. The molecule has 0 aliphatic rings. The second-order valence-electron chi connectivity index (χ2n) is 4.02. The van der Waals surface area contributed by atoms with Crippen LogP contribution in [-0.2, 0) is 4.74 Å². The quantitative estimate of drug-likeness (QED) is 0.828. The molecule has 102 valence electrons. The number of ether oxygens (including phenoxy) is 1. The Labute approximate surface area is 116 Å². The molecule has 0 fully saturated rings. The van der Waals surface area contributed by atoms with Gasteiger partial charge in [-0.05, 0) is 24.6 Å². The first-order chi connectivity index (χ1) is 9.20. The molecule has 1 N–H and O–H groups in total. The molecular weight excluding hydrogens is 269 g/mol. The molecule has 2 rings (SSSR count). The molecule has 19 heavy (non-hydrogen) atoms. The first-order valence-electron chi connectivity index (χ1n) is 5.93. The van der Waals surface area contributed by atoms with Crippen molar-refractivity contribution in [1.29, 1.82) is 0 Å². The number of rotatable bonds is 6. The van der Waals surface area contributed by atoms with E-state index < -0.39 is 0 Å². The van der Waals surface area contributed by atoms with Gasteiger partial charge in [-0.25, -0.2) is 9.37 Å². The molecule has 1 aromatic heterocycles. The predicted octanol–water partition coefficient (Wildman–Crippen LogP) is 3.11. The molecular formula is C13H15ClFN3O. The van der Waals surface area contributed by atoms with E-state index in [9.17, 15) is 4.39 Å². The minimum atomic E-state index is -0.374. The lowest BCUT2D eigenvalue weighted by atomic mass is 10.3. The minimum Gasteiger partial charge on any atom is -0.385 e. The van der Waals surface area contributed by atoms with Crippen molar-refractivity contribution >= 4 is 17.5 Å². The Morgan fingerprint density at radius 3 is 3.00 bits per heavy atom. The number of aromatic nitrogens is 2. The van der Waals surface area contributed by atoms with Gasteiger partial charge >= 0.3 is 0 Å². The van der Waals surface area contributed by atoms with Crippen LogP contribution in [0.25, 0.3) is 5.69 Å². The van der Waals surface area contributed by atoms with Gasteiger partial charge < -0.3 is 10.1 Å². The summed E-state index contributed by atoms with van der Waals surface area (Å²) in [7, 11) is 1.66. The third kappa shape index (κ3) is 3.68. The van der Waals surface area contributed by atoms with Gasteiger partial charge in [-0.2, -0.15) is 0 Å². The maximum absolute atomic E-state index is 13.3. The van der Waals surface area contributed by atoms with E-state index in [0.717, 1.165) is 13.0 Å². The normalized spacial score (nSPS) is 10.7. The van der Waals surface area contributed by atoms with Crippen LogP contribution in [0.2, 0.25) is 5.02 Å². The summed E-state index contributed by atoms with van der Waals surface area (Å²) in [5, 5.41) is 3.53. The fourth-order valence-corrected chi connectivity index (χ4v) is 1.95. The number of hydrogen-bond donors (Lipinski definition) is 1. The second kappa shape index (κ2) is 6.54. The zero-order valence-electron chi connectivity index (χ0n) is 10.6. The van der Waals surface area contributed by atoms with Gasteiger partial charge in [0, 0.05) is 37.7 Å². The Morgan fingerprint density at radius 1 is 1.42 bits per heavy atom. The molecule has 1 aromatic carbocycles. The maximum Gasteiger partial charge on any atom is 0.207 e. The Bertz CT molecular complexity index is 524. The summed E-state index contributed by atoms with van der Waals surface area (Å²) in [6.07, 6.45) is 4.27. The molecule has 0 bridgehead atoms. The van der Waals surface area contributed by atoms with Crippen molar-refractivity contribution in [3.05, 3.63) is 41.4 Å². The first-order valence-corrected chi connectivity index (χ1v) is 6.31. The summed E-state index contributed by atoms with van der Waals surface area (Å²) < 4.78 is 20.1. The van der Waals surface area contributed by atoms with E-state index in [4.69, 9.17) is 16.3 Å². The number of methoxy groups -OCH3 is 1. The van der Waals surface area contributed by atoms with E-state index in [-0.39, 0.29) is 5.82 Å². The zero-order valence-corrected chi connectivity index (χ0v) is 11.3. The summed E-state index contributed by atoms with van der Waals surface area (Å²) >= 11 is 5.85. The third-order valence-electron chi connectivity index (χ3n) is 2.57. The summed E-state index contributed by atoms with van der Waals surface area (Å²) in [5.41, 5.74) is 0.636. The van der Waals surface area contributed by atoms with Crippen molar-refractivity contribution in [1.82, 2.24) is 9.55 Å². The molecule has 0 atom stereocenters. The summed E-state index contributed by atoms with van der Waals surface area (Å²) in [4.78, 5) is 4.20. The van der Waals surface area contributed by atoms with Crippen LogP contribution < -0.4 is 5.32 Å². The van der Waals surface area contributed by atoms with Crippen molar-refractivity contribution in [3.63, 3.8) is 0 Å². The van der Waals surface area contributed by atoms with Gasteiger partial charge in [0.25, 0.3) is 0 Å². The maximum atomic E-state index is 13.3. The Hall–Kier alpha value is -1.59. The van der Waals surface area contributed by atoms with Crippen molar-refractivity contribution in [2.75, 3.05) is 25.6 Å². The van der Waals surface area contributed by atoms with E-state index >= 15 is 0 Å². The van der Waals surface area contributed by atoms with Crippen LogP contribution in [0.5, 0.6) is 0 Å². The monoisotopic (exact) mass is 283 g/mol. The molecule has 6 heteroatoms. The molecule has 0 aliphatic heterocycles. The summed E-state index contributed by atoms with van der Waals surface area (Å²) in [6, 6.07) is 4.37. The van der Waals surface area contributed by atoms with Crippen LogP contribution in [-0.4, -0.2) is 29.8 Å². The smallest absolute Gasteiger partial charge is 0.207 e. The van der Waals surface area contributed by atoms with E-state index in [1.54, 1.807) is 30.1 Å². The Kier molecular flexibility index (Phi) is 4.76. The number of benzene rings is 1. The lowest BCUT2D eigenvalue weighted by Gasteiger charge is -2.10. The highest BCUT2D eigenvalue weighted by atomic mass is 35.5. The summed E-state index contributed by atoms with van der Waals surface area (Å²) in [5.74, 6) is 0.277.